The molecule has 0 aliphatic heterocycles. The molecule has 0 bridgehead atoms. The quantitative estimate of drug-likeness (QED) is 0.817. The van der Waals surface area contributed by atoms with E-state index >= 15 is 0 Å². The van der Waals surface area contributed by atoms with Gasteiger partial charge in [-0.25, -0.2) is 8.42 Å². The number of rotatable bonds is 5. The van der Waals surface area contributed by atoms with Gasteiger partial charge >= 0.3 is 0 Å². The second kappa shape index (κ2) is 5.62. The molecule has 3 N–H and O–H groups in total. The lowest BCUT2D eigenvalue weighted by molar-refractivity contribution is 0.279. The van der Waals surface area contributed by atoms with Gasteiger partial charge in [0.2, 0.25) is 0 Å². The van der Waals surface area contributed by atoms with Crippen molar-refractivity contribution in [1.82, 2.24) is 0 Å². The molecule has 0 amide bonds. The molecule has 1 aromatic rings. The summed E-state index contributed by atoms with van der Waals surface area (Å²) in [5.41, 5.74) is 7.29. The number of nitrogens with two attached hydrogens (primary N) is 1. The average molecular weight is 257 g/mol. The normalized spacial score (nSPS) is 13.6. The topological polar surface area (TPSA) is 80.4 Å². The highest BCUT2D eigenvalue weighted by atomic mass is 32.2. The maximum atomic E-state index is 12.1. The molecule has 1 rings (SSSR count). The van der Waals surface area contributed by atoms with E-state index in [2.05, 4.69) is 0 Å². The maximum Gasteiger partial charge on any atom is 0.180 e. The van der Waals surface area contributed by atoms with E-state index in [4.69, 9.17) is 10.8 Å². The van der Waals surface area contributed by atoms with Crippen LogP contribution in [0.3, 0.4) is 0 Å². The molecule has 1 unspecified atom stereocenters. The predicted molar refractivity (Wildman–Crippen MR) is 67.6 cm³/mol. The fourth-order valence-electron chi connectivity index (χ4n) is 1.66. The van der Waals surface area contributed by atoms with E-state index < -0.39 is 15.9 Å². The Kier molecular flexibility index (Phi) is 4.68. The Morgan fingerprint density at radius 2 is 2.00 bits per heavy atom. The Hall–Kier alpha value is -0.910. The molecule has 1 aromatic carbocycles. The molecule has 0 fully saturated rings. The molecule has 0 saturated carbocycles. The summed E-state index contributed by atoms with van der Waals surface area (Å²) in [4.78, 5) is 0.339. The Morgan fingerprint density at radius 1 is 1.35 bits per heavy atom. The van der Waals surface area contributed by atoms with Gasteiger partial charge < -0.3 is 10.8 Å². The summed E-state index contributed by atoms with van der Waals surface area (Å²) >= 11 is 0. The van der Waals surface area contributed by atoms with Crippen LogP contribution in [0.25, 0.3) is 0 Å². The van der Waals surface area contributed by atoms with E-state index in [9.17, 15) is 8.42 Å². The summed E-state index contributed by atoms with van der Waals surface area (Å²) in [5, 5.41) is 8.73. The zero-order valence-corrected chi connectivity index (χ0v) is 11.0. The van der Waals surface area contributed by atoms with Crippen LogP contribution < -0.4 is 5.73 Å². The molecule has 96 valence electrons. The first kappa shape index (κ1) is 14.2. The van der Waals surface area contributed by atoms with Crippen LogP contribution >= 0.6 is 0 Å². The van der Waals surface area contributed by atoms with Crippen molar-refractivity contribution in [3.8, 4) is 0 Å². The lowest BCUT2D eigenvalue weighted by Gasteiger charge is -2.13. The fraction of sp³-hybridized carbons (Fsp3) is 0.500. The number of hydrogen-bond acceptors (Lipinski definition) is 4. The van der Waals surface area contributed by atoms with Crippen LogP contribution in [0.2, 0.25) is 0 Å². The fourth-order valence-corrected chi connectivity index (χ4v) is 3.50. The first-order valence-corrected chi connectivity index (χ1v) is 7.18. The molecule has 0 spiro atoms. The van der Waals surface area contributed by atoms with Gasteiger partial charge in [-0.05, 0) is 37.5 Å². The monoisotopic (exact) mass is 257 g/mol. The number of aryl methyl sites for hydroxylation is 2. The second-order valence-electron chi connectivity index (χ2n) is 4.32. The van der Waals surface area contributed by atoms with Gasteiger partial charge in [0, 0.05) is 12.6 Å². The van der Waals surface area contributed by atoms with Crippen molar-refractivity contribution in [2.24, 2.45) is 5.73 Å². The van der Waals surface area contributed by atoms with Crippen molar-refractivity contribution in [1.29, 1.82) is 0 Å². The van der Waals surface area contributed by atoms with E-state index in [0.717, 1.165) is 11.1 Å². The SMILES string of the molecule is Cc1ccc(C)c(S(=O)(=O)CC(N)CCO)c1. The van der Waals surface area contributed by atoms with E-state index in [1.54, 1.807) is 19.1 Å². The first-order chi connectivity index (χ1) is 7.86. The van der Waals surface area contributed by atoms with Gasteiger partial charge in [-0.1, -0.05) is 12.1 Å². The van der Waals surface area contributed by atoms with Crippen LogP contribution in [0, 0.1) is 13.8 Å². The van der Waals surface area contributed by atoms with Gasteiger partial charge in [-0.3, -0.25) is 0 Å². The predicted octanol–water partition coefficient (Wildman–Crippen LogP) is 0.787. The summed E-state index contributed by atoms with van der Waals surface area (Å²) in [5.74, 6) is -0.127. The smallest absolute Gasteiger partial charge is 0.180 e. The van der Waals surface area contributed by atoms with Gasteiger partial charge in [0.25, 0.3) is 0 Å². The molecular formula is C12H19NO3S. The van der Waals surface area contributed by atoms with Crippen LogP contribution in [0.5, 0.6) is 0 Å². The number of benzene rings is 1. The third-order valence-electron chi connectivity index (χ3n) is 2.61. The Bertz CT molecular complexity index is 483. The van der Waals surface area contributed by atoms with Crippen LogP contribution in [-0.4, -0.2) is 31.9 Å². The van der Waals surface area contributed by atoms with E-state index in [0.29, 0.717) is 11.3 Å². The Labute approximate surface area is 102 Å². The number of aliphatic hydroxyl groups excluding tert-OH is 1. The molecule has 4 nitrogen and oxygen atoms in total. The zero-order valence-electron chi connectivity index (χ0n) is 10.2. The zero-order chi connectivity index (χ0) is 13.1. The van der Waals surface area contributed by atoms with Crippen LogP contribution in [0.1, 0.15) is 17.5 Å². The summed E-state index contributed by atoms with van der Waals surface area (Å²) < 4.78 is 24.3. The van der Waals surface area contributed by atoms with Gasteiger partial charge in [0.05, 0.1) is 10.6 Å². The summed E-state index contributed by atoms with van der Waals surface area (Å²) in [6.07, 6.45) is 0.296. The highest BCUT2D eigenvalue weighted by Gasteiger charge is 2.20. The lowest BCUT2D eigenvalue weighted by atomic mass is 10.2. The molecule has 1 atom stereocenters. The molecule has 0 heterocycles. The lowest BCUT2D eigenvalue weighted by Crippen LogP contribution is -2.30. The first-order valence-electron chi connectivity index (χ1n) is 5.53. The average Bonchev–Trinajstić information content (AvgIpc) is 2.21. The molecule has 0 aromatic heterocycles. The number of hydrogen-bond donors (Lipinski definition) is 2. The van der Waals surface area contributed by atoms with Crippen molar-refractivity contribution in [3.05, 3.63) is 29.3 Å². The third kappa shape index (κ3) is 3.80. The number of sulfone groups is 1. The van der Waals surface area contributed by atoms with Crippen molar-refractivity contribution in [2.45, 2.75) is 31.2 Å². The highest BCUT2D eigenvalue weighted by Crippen LogP contribution is 2.19. The van der Waals surface area contributed by atoms with E-state index in [1.807, 2.05) is 13.0 Å². The summed E-state index contributed by atoms with van der Waals surface area (Å²) in [6, 6.07) is 4.81. The molecule has 0 saturated heterocycles. The van der Waals surface area contributed by atoms with Crippen molar-refractivity contribution < 1.29 is 13.5 Å². The van der Waals surface area contributed by atoms with Gasteiger partial charge in [-0.15, -0.1) is 0 Å². The van der Waals surface area contributed by atoms with Crippen molar-refractivity contribution in [3.63, 3.8) is 0 Å². The van der Waals surface area contributed by atoms with Crippen LogP contribution in [-0.2, 0) is 9.84 Å². The molecular weight excluding hydrogens is 238 g/mol. The van der Waals surface area contributed by atoms with E-state index in [-0.39, 0.29) is 12.4 Å². The minimum Gasteiger partial charge on any atom is -0.396 e. The second-order valence-corrected chi connectivity index (χ2v) is 6.33. The Balaban J connectivity index is 3.01. The third-order valence-corrected chi connectivity index (χ3v) is 4.59. The molecule has 5 heteroatoms. The van der Waals surface area contributed by atoms with Gasteiger partial charge in [0.15, 0.2) is 9.84 Å². The minimum absolute atomic E-state index is 0.0938. The standard InChI is InChI=1S/C12H19NO3S/c1-9-3-4-10(2)12(7-9)17(15,16)8-11(13)5-6-14/h3-4,7,11,14H,5-6,8,13H2,1-2H3. The molecule has 0 aliphatic carbocycles. The van der Waals surface area contributed by atoms with Crippen molar-refractivity contribution in [2.75, 3.05) is 12.4 Å². The minimum atomic E-state index is -3.37. The Morgan fingerprint density at radius 3 is 2.59 bits per heavy atom. The molecule has 17 heavy (non-hydrogen) atoms. The largest absolute Gasteiger partial charge is 0.396 e. The molecule has 0 aliphatic rings. The number of aliphatic hydroxyl groups is 1. The van der Waals surface area contributed by atoms with E-state index in [1.165, 1.54) is 0 Å². The van der Waals surface area contributed by atoms with Gasteiger partial charge in [-0.2, -0.15) is 0 Å². The van der Waals surface area contributed by atoms with Crippen LogP contribution in [0.4, 0.5) is 0 Å². The summed E-state index contributed by atoms with van der Waals surface area (Å²) in [7, 11) is -3.37. The van der Waals surface area contributed by atoms with Gasteiger partial charge in [0.1, 0.15) is 0 Å². The van der Waals surface area contributed by atoms with Crippen LogP contribution in [0.15, 0.2) is 23.1 Å². The molecule has 0 radical (unpaired) electrons. The highest BCUT2D eigenvalue weighted by molar-refractivity contribution is 7.91. The van der Waals surface area contributed by atoms with Crippen molar-refractivity contribution >= 4 is 9.84 Å². The summed E-state index contributed by atoms with van der Waals surface area (Å²) in [6.45, 7) is 3.53. The maximum absolute atomic E-state index is 12.1.